The second-order valence-electron chi connectivity index (χ2n) is 4.98. The van der Waals surface area contributed by atoms with Crippen LogP contribution in [0.4, 0.5) is 5.69 Å². The maximum Gasteiger partial charge on any atom is 0.289 e. The molecule has 1 aromatic rings. The van der Waals surface area contributed by atoms with Crippen molar-refractivity contribution in [1.29, 1.82) is 0 Å². The Kier molecular flexibility index (Phi) is 4.07. The number of nitro benzene ring substituents is 1. The molecule has 1 aliphatic rings. The number of hydrogen-bond donors (Lipinski definition) is 2. The molecule has 7 nitrogen and oxygen atoms in total. The first-order valence-corrected chi connectivity index (χ1v) is 7.81. The molecule has 110 valence electrons. The van der Waals surface area contributed by atoms with E-state index in [1.807, 2.05) is 0 Å². The lowest BCUT2D eigenvalue weighted by Gasteiger charge is -2.17. The van der Waals surface area contributed by atoms with Crippen molar-refractivity contribution in [3.8, 4) is 0 Å². The molecular formula is C12H17N3O4S. The van der Waals surface area contributed by atoms with Gasteiger partial charge in [-0.25, -0.2) is 13.1 Å². The fraction of sp³-hybridized carbons (Fsp3) is 0.500. The number of nitrogens with one attached hydrogen (secondary N) is 1. The van der Waals surface area contributed by atoms with Crippen molar-refractivity contribution in [1.82, 2.24) is 4.72 Å². The molecule has 0 amide bonds. The third-order valence-electron chi connectivity index (χ3n) is 3.41. The molecule has 0 spiro atoms. The van der Waals surface area contributed by atoms with Gasteiger partial charge in [-0.3, -0.25) is 10.1 Å². The minimum absolute atomic E-state index is 0.184. The minimum atomic E-state index is -3.95. The molecule has 1 unspecified atom stereocenters. The highest BCUT2D eigenvalue weighted by atomic mass is 32.2. The number of nitrogens with two attached hydrogens (primary N) is 1. The summed E-state index contributed by atoms with van der Waals surface area (Å²) in [5.41, 5.74) is 5.51. The van der Waals surface area contributed by atoms with E-state index >= 15 is 0 Å². The minimum Gasteiger partial charge on any atom is -0.329 e. The number of nitro groups is 1. The lowest BCUT2D eigenvalue weighted by Crippen LogP contribution is -2.42. The van der Waals surface area contributed by atoms with Crippen LogP contribution in [-0.2, 0) is 10.0 Å². The average molecular weight is 299 g/mol. The Hall–Kier alpha value is -1.51. The van der Waals surface area contributed by atoms with Gasteiger partial charge < -0.3 is 5.73 Å². The third kappa shape index (κ3) is 2.97. The first kappa shape index (κ1) is 14.9. The predicted octanol–water partition coefficient (Wildman–Crippen LogP) is 0.919. The second kappa shape index (κ2) is 5.47. The summed E-state index contributed by atoms with van der Waals surface area (Å²) >= 11 is 0. The molecule has 1 atom stereocenters. The summed E-state index contributed by atoms with van der Waals surface area (Å²) in [4.78, 5) is 10.1. The predicted molar refractivity (Wildman–Crippen MR) is 73.7 cm³/mol. The van der Waals surface area contributed by atoms with E-state index in [4.69, 9.17) is 5.73 Å². The zero-order valence-corrected chi connectivity index (χ0v) is 11.9. The van der Waals surface area contributed by atoms with Crippen molar-refractivity contribution in [2.75, 3.05) is 6.54 Å². The maximum atomic E-state index is 12.4. The molecule has 8 heteroatoms. The van der Waals surface area contributed by atoms with Crippen LogP contribution in [0.25, 0.3) is 0 Å². The van der Waals surface area contributed by atoms with E-state index in [1.165, 1.54) is 25.1 Å². The normalized spacial score (nSPS) is 16.9. The summed E-state index contributed by atoms with van der Waals surface area (Å²) in [5.74, 6) is 0.234. The van der Waals surface area contributed by atoms with Crippen molar-refractivity contribution in [3.63, 3.8) is 0 Å². The summed E-state index contributed by atoms with van der Waals surface area (Å²) < 4.78 is 27.3. The molecule has 0 aromatic heterocycles. The van der Waals surface area contributed by atoms with E-state index in [-0.39, 0.29) is 23.4 Å². The maximum absolute atomic E-state index is 12.4. The van der Waals surface area contributed by atoms with E-state index in [9.17, 15) is 18.5 Å². The molecule has 0 heterocycles. The third-order valence-corrected chi connectivity index (χ3v) is 5.09. The van der Waals surface area contributed by atoms with Gasteiger partial charge in [-0.15, -0.1) is 0 Å². The van der Waals surface area contributed by atoms with Crippen LogP contribution < -0.4 is 10.5 Å². The van der Waals surface area contributed by atoms with Crippen LogP contribution in [0.1, 0.15) is 18.4 Å². The first-order chi connectivity index (χ1) is 9.36. The van der Waals surface area contributed by atoms with Crippen LogP contribution >= 0.6 is 0 Å². The summed E-state index contributed by atoms with van der Waals surface area (Å²) in [5, 5.41) is 11.0. The monoisotopic (exact) mass is 299 g/mol. The van der Waals surface area contributed by atoms with Crippen molar-refractivity contribution in [2.45, 2.75) is 30.7 Å². The van der Waals surface area contributed by atoms with Gasteiger partial charge in [-0.1, -0.05) is 12.1 Å². The fourth-order valence-corrected chi connectivity index (χ4v) is 3.94. The van der Waals surface area contributed by atoms with Crippen LogP contribution in [0, 0.1) is 23.0 Å². The summed E-state index contributed by atoms with van der Waals surface area (Å²) in [6, 6.07) is 3.83. The van der Waals surface area contributed by atoms with E-state index in [1.54, 1.807) is 0 Å². The van der Waals surface area contributed by atoms with Crippen molar-refractivity contribution < 1.29 is 13.3 Å². The van der Waals surface area contributed by atoms with Gasteiger partial charge >= 0.3 is 0 Å². The molecule has 1 aromatic carbocycles. The van der Waals surface area contributed by atoms with Gasteiger partial charge in [0.05, 0.1) is 4.92 Å². The quantitative estimate of drug-likeness (QED) is 0.598. The molecule has 1 aliphatic carbocycles. The van der Waals surface area contributed by atoms with Crippen LogP contribution in [0.2, 0.25) is 0 Å². The Balaban J connectivity index is 2.40. The number of hydrogen-bond acceptors (Lipinski definition) is 5. The number of aryl methyl sites for hydroxylation is 1. The molecule has 0 aliphatic heterocycles. The van der Waals surface area contributed by atoms with Gasteiger partial charge in [0.15, 0.2) is 4.90 Å². The van der Waals surface area contributed by atoms with Crippen LogP contribution in [0.3, 0.4) is 0 Å². The zero-order valence-electron chi connectivity index (χ0n) is 11.1. The fourth-order valence-electron chi connectivity index (χ4n) is 2.22. The lowest BCUT2D eigenvalue weighted by molar-refractivity contribution is -0.387. The lowest BCUT2D eigenvalue weighted by atomic mass is 10.2. The van der Waals surface area contributed by atoms with Crippen LogP contribution in [-0.4, -0.2) is 25.9 Å². The molecule has 0 saturated heterocycles. The van der Waals surface area contributed by atoms with Crippen molar-refractivity contribution in [3.05, 3.63) is 33.9 Å². The average Bonchev–Trinajstić information content (AvgIpc) is 3.19. The summed E-state index contributed by atoms with van der Waals surface area (Å²) in [7, 11) is -3.95. The number of rotatable bonds is 6. The smallest absolute Gasteiger partial charge is 0.289 e. The summed E-state index contributed by atoms with van der Waals surface area (Å²) in [6.45, 7) is 1.72. The van der Waals surface area contributed by atoms with Crippen LogP contribution in [0.15, 0.2) is 23.1 Å². The van der Waals surface area contributed by atoms with E-state index < -0.39 is 20.6 Å². The van der Waals surface area contributed by atoms with Gasteiger partial charge in [-0.2, -0.15) is 0 Å². The number of benzene rings is 1. The zero-order chi connectivity index (χ0) is 14.9. The van der Waals surface area contributed by atoms with Gasteiger partial charge in [0, 0.05) is 18.7 Å². The highest BCUT2D eigenvalue weighted by Crippen LogP contribution is 2.34. The van der Waals surface area contributed by atoms with Gasteiger partial charge in [-0.05, 0) is 31.2 Å². The van der Waals surface area contributed by atoms with Gasteiger partial charge in [0.25, 0.3) is 5.69 Å². The summed E-state index contributed by atoms with van der Waals surface area (Å²) in [6.07, 6.45) is 1.86. The Morgan fingerprint density at radius 3 is 2.65 bits per heavy atom. The molecule has 1 fully saturated rings. The highest BCUT2D eigenvalue weighted by Gasteiger charge is 2.36. The van der Waals surface area contributed by atoms with E-state index in [0.29, 0.717) is 5.56 Å². The highest BCUT2D eigenvalue weighted by molar-refractivity contribution is 7.89. The molecule has 3 N–H and O–H groups in total. The van der Waals surface area contributed by atoms with Gasteiger partial charge in [0.2, 0.25) is 10.0 Å². The molecular weight excluding hydrogens is 282 g/mol. The number of sulfonamides is 1. The SMILES string of the molecule is Cc1cccc([N+](=O)[O-])c1S(=O)(=O)NC(CN)C1CC1. The second-order valence-corrected chi connectivity index (χ2v) is 6.63. The Morgan fingerprint density at radius 1 is 1.50 bits per heavy atom. The molecule has 20 heavy (non-hydrogen) atoms. The largest absolute Gasteiger partial charge is 0.329 e. The van der Waals surface area contributed by atoms with Crippen molar-refractivity contribution in [2.24, 2.45) is 11.7 Å². The molecule has 0 bridgehead atoms. The Labute approximate surface area is 117 Å². The molecule has 0 radical (unpaired) electrons. The van der Waals surface area contributed by atoms with Gasteiger partial charge in [0.1, 0.15) is 0 Å². The van der Waals surface area contributed by atoms with E-state index in [2.05, 4.69) is 4.72 Å². The van der Waals surface area contributed by atoms with Crippen LogP contribution in [0.5, 0.6) is 0 Å². The standard InChI is InChI=1S/C12H17N3O4S/c1-8-3-2-4-11(15(16)17)12(8)20(18,19)14-10(7-13)9-5-6-9/h2-4,9-10,14H,5-7,13H2,1H3. The van der Waals surface area contributed by atoms with E-state index in [0.717, 1.165) is 12.8 Å². The van der Waals surface area contributed by atoms with Crippen molar-refractivity contribution >= 4 is 15.7 Å². The Morgan fingerprint density at radius 2 is 2.15 bits per heavy atom. The molecule has 2 rings (SSSR count). The number of nitrogens with zero attached hydrogens (tertiary/aromatic N) is 1. The molecule has 1 saturated carbocycles. The Bertz CT molecular complexity index is 626. The topological polar surface area (TPSA) is 115 Å². The first-order valence-electron chi connectivity index (χ1n) is 6.33.